The quantitative estimate of drug-likeness (QED) is 0.765. The van der Waals surface area contributed by atoms with Crippen LogP contribution in [-0.4, -0.2) is 38.5 Å². The minimum atomic E-state index is 0.299. The number of fused-ring (bicyclic) bond motifs is 1. The van der Waals surface area contributed by atoms with E-state index in [4.69, 9.17) is 0 Å². The zero-order chi connectivity index (χ0) is 16.4. The number of nitriles is 1. The molecule has 1 aliphatic rings. The van der Waals surface area contributed by atoms with Crippen LogP contribution in [0.3, 0.4) is 0 Å². The van der Waals surface area contributed by atoms with Crippen molar-refractivity contribution in [3.63, 3.8) is 0 Å². The number of nitrogens with one attached hydrogen (secondary N) is 2. The lowest BCUT2D eigenvalue weighted by Crippen LogP contribution is -2.38. The maximum Gasteiger partial charge on any atom is 0.168 e. The molecule has 0 bridgehead atoms. The number of imidazole rings is 1. The Bertz CT molecular complexity index is 903. The normalized spacial score (nSPS) is 17.5. The van der Waals surface area contributed by atoms with Crippen molar-refractivity contribution in [2.75, 3.05) is 18.4 Å². The van der Waals surface area contributed by atoms with Crippen LogP contribution < -0.4 is 10.6 Å². The fraction of sp³-hybridized carbons (Fsp3) is 0.294. The zero-order valence-electron chi connectivity index (χ0n) is 13.1. The van der Waals surface area contributed by atoms with Gasteiger partial charge in [-0.05, 0) is 31.5 Å². The number of hydrogen-bond donors (Lipinski definition) is 2. The van der Waals surface area contributed by atoms with Crippen molar-refractivity contribution in [1.29, 1.82) is 5.26 Å². The van der Waals surface area contributed by atoms with E-state index in [1.54, 1.807) is 12.4 Å². The van der Waals surface area contributed by atoms with Crippen LogP contribution >= 0.6 is 0 Å². The van der Waals surface area contributed by atoms with E-state index in [0.29, 0.717) is 23.2 Å². The fourth-order valence-electron chi connectivity index (χ4n) is 3.01. The van der Waals surface area contributed by atoms with Gasteiger partial charge in [0.15, 0.2) is 5.69 Å². The van der Waals surface area contributed by atoms with Gasteiger partial charge in [-0.3, -0.25) is 4.40 Å². The lowest BCUT2D eigenvalue weighted by atomic mass is 10.1. The number of hydrogen-bond acceptors (Lipinski definition) is 6. The molecule has 0 amide bonds. The first-order valence-corrected chi connectivity index (χ1v) is 8.02. The van der Waals surface area contributed by atoms with Gasteiger partial charge in [-0.2, -0.15) is 5.26 Å². The largest absolute Gasteiger partial charge is 0.365 e. The van der Waals surface area contributed by atoms with Crippen LogP contribution in [0.1, 0.15) is 18.5 Å². The summed E-state index contributed by atoms with van der Waals surface area (Å²) < 4.78 is 1.91. The van der Waals surface area contributed by atoms with Gasteiger partial charge < -0.3 is 10.6 Å². The molecule has 1 saturated heterocycles. The van der Waals surface area contributed by atoms with Crippen molar-refractivity contribution in [2.45, 2.75) is 18.9 Å². The van der Waals surface area contributed by atoms with E-state index in [0.717, 1.165) is 37.3 Å². The van der Waals surface area contributed by atoms with Crippen LogP contribution in [0.4, 0.5) is 5.82 Å². The highest BCUT2D eigenvalue weighted by Gasteiger charge is 2.17. The van der Waals surface area contributed by atoms with Gasteiger partial charge in [0.1, 0.15) is 23.2 Å². The molecule has 0 aromatic carbocycles. The summed E-state index contributed by atoms with van der Waals surface area (Å²) in [5, 5.41) is 16.2. The number of aromatic nitrogens is 4. The third kappa shape index (κ3) is 2.68. The molecule has 2 N–H and O–H groups in total. The highest BCUT2D eigenvalue weighted by Crippen LogP contribution is 2.23. The lowest BCUT2D eigenvalue weighted by molar-refractivity contribution is 0.479. The van der Waals surface area contributed by atoms with Crippen molar-refractivity contribution < 1.29 is 0 Å². The molecule has 3 aromatic heterocycles. The van der Waals surface area contributed by atoms with Crippen LogP contribution in [0.2, 0.25) is 0 Å². The molecule has 24 heavy (non-hydrogen) atoms. The number of nitrogens with zero attached hydrogens (tertiary/aromatic N) is 5. The van der Waals surface area contributed by atoms with Gasteiger partial charge in [-0.25, -0.2) is 15.0 Å². The molecule has 0 radical (unpaired) electrons. The Morgan fingerprint density at radius 1 is 1.29 bits per heavy atom. The summed E-state index contributed by atoms with van der Waals surface area (Å²) in [6.45, 7) is 1.97. The average molecular weight is 319 g/mol. The topological polar surface area (TPSA) is 90.9 Å². The Morgan fingerprint density at radius 2 is 2.25 bits per heavy atom. The molecule has 1 fully saturated rings. The zero-order valence-corrected chi connectivity index (χ0v) is 13.1. The first kappa shape index (κ1) is 14.6. The molecular weight excluding hydrogens is 302 g/mol. The van der Waals surface area contributed by atoms with Crippen molar-refractivity contribution in [3.05, 3.63) is 42.5 Å². The van der Waals surface area contributed by atoms with Crippen LogP contribution in [0.25, 0.3) is 17.0 Å². The van der Waals surface area contributed by atoms with Gasteiger partial charge in [0.25, 0.3) is 0 Å². The van der Waals surface area contributed by atoms with Crippen LogP contribution in [-0.2, 0) is 0 Å². The van der Waals surface area contributed by atoms with Gasteiger partial charge in [0, 0.05) is 18.8 Å². The average Bonchev–Trinajstić information content (AvgIpc) is 3.06. The van der Waals surface area contributed by atoms with Gasteiger partial charge in [-0.1, -0.05) is 6.07 Å². The predicted octanol–water partition coefficient (Wildman–Crippen LogP) is 1.83. The van der Waals surface area contributed by atoms with E-state index in [1.165, 1.54) is 0 Å². The smallest absolute Gasteiger partial charge is 0.168 e. The summed E-state index contributed by atoms with van der Waals surface area (Å²) in [6.07, 6.45) is 7.50. The number of anilines is 1. The van der Waals surface area contributed by atoms with Crippen molar-refractivity contribution in [3.8, 4) is 17.5 Å². The second-order valence-corrected chi connectivity index (χ2v) is 5.82. The SMILES string of the molecule is N#Cc1ncc(NC2CCCNC2)nc1-c1cnc2ccccn12. The van der Waals surface area contributed by atoms with E-state index in [-0.39, 0.29) is 0 Å². The predicted molar refractivity (Wildman–Crippen MR) is 90.4 cm³/mol. The van der Waals surface area contributed by atoms with Gasteiger partial charge >= 0.3 is 0 Å². The number of rotatable bonds is 3. The summed E-state index contributed by atoms with van der Waals surface area (Å²) in [4.78, 5) is 13.3. The first-order chi connectivity index (χ1) is 11.8. The molecule has 1 aliphatic heterocycles. The second kappa shape index (κ2) is 6.26. The molecule has 3 aromatic rings. The van der Waals surface area contributed by atoms with E-state index < -0.39 is 0 Å². The molecule has 7 nitrogen and oxygen atoms in total. The minimum Gasteiger partial charge on any atom is -0.365 e. The fourth-order valence-corrected chi connectivity index (χ4v) is 3.01. The highest BCUT2D eigenvalue weighted by molar-refractivity contribution is 5.66. The number of piperidine rings is 1. The van der Waals surface area contributed by atoms with Gasteiger partial charge in [0.2, 0.25) is 0 Å². The van der Waals surface area contributed by atoms with Crippen LogP contribution in [0.15, 0.2) is 36.8 Å². The van der Waals surface area contributed by atoms with Crippen molar-refractivity contribution in [2.24, 2.45) is 0 Å². The molecule has 7 heteroatoms. The highest BCUT2D eigenvalue weighted by atomic mass is 15.1. The molecule has 4 rings (SSSR count). The molecule has 0 aliphatic carbocycles. The second-order valence-electron chi connectivity index (χ2n) is 5.82. The molecular formula is C17H17N7. The standard InChI is InChI=1S/C17H17N7/c18-8-13-17(14-10-21-16-5-1-2-7-24(14)16)23-15(11-20-13)22-12-4-3-6-19-9-12/h1-2,5,7,10-12,19H,3-4,6,9H2,(H,22,23). The summed E-state index contributed by atoms with van der Waals surface area (Å²) in [5.41, 5.74) is 2.42. The maximum atomic E-state index is 9.39. The Labute approximate surface area is 139 Å². The van der Waals surface area contributed by atoms with E-state index in [1.807, 2.05) is 28.8 Å². The summed E-state index contributed by atoms with van der Waals surface area (Å²) in [6, 6.07) is 8.22. The Kier molecular flexibility index (Phi) is 3.81. The molecule has 4 heterocycles. The summed E-state index contributed by atoms with van der Waals surface area (Å²) in [7, 11) is 0. The minimum absolute atomic E-state index is 0.299. The Morgan fingerprint density at radius 3 is 3.08 bits per heavy atom. The van der Waals surface area contributed by atoms with E-state index >= 15 is 0 Å². The lowest BCUT2D eigenvalue weighted by Gasteiger charge is -2.24. The summed E-state index contributed by atoms with van der Waals surface area (Å²) >= 11 is 0. The summed E-state index contributed by atoms with van der Waals surface area (Å²) in [5.74, 6) is 0.684. The molecule has 1 atom stereocenters. The van der Waals surface area contributed by atoms with Crippen molar-refractivity contribution >= 4 is 11.5 Å². The molecule has 0 saturated carbocycles. The number of pyridine rings is 1. The maximum absolute atomic E-state index is 9.39. The van der Waals surface area contributed by atoms with E-state index in [9.17, 15) is 5.26 Å². The van der Waals surface area contributed by atoms with Crippen LogP contribution in [0.5, 0.6) is 0 Å². The Hall–Kier alpha value is -2.98. The third-order valence-corrected chi connectivity index (χ3v) is 4.19. The Balaban J connectivity index is 1.73. The van der Waals surface area contributed by atoms with Gasteiger partial charge in [-0.15, -0.1) is 0 Å². The third-order valence-electron chi connectivity index (χ3n) is 4.19. The van der Waals surface area contributed by atoms with Crippen molar-refractivity contribution in [1.82, 2.24) is 24.7 Å². The molecule has 120 valence electrons. The monoisotopic (exact) mass is 319 g/mol. The van der Waals surface area contributed by atoms with Crippen LogP contribution in [0, 0.1) is 11.3 Å². The molecule has 1 unspecified atom stereocenters. The first-order valence-electron chi connectivity index (χ1n) is 8.02. The van der Waals surface area contributed by atoms with E-state index in [2.05, 4.69) is 31.7 Å². The molecule has 0 spiro atoms. The van der Waals surface area contributed by atoms with Gasteiger partial charge in [0.05, 0.1) is 18.1 Å².